The maximum Gasteiger partial charge on any atom is 0.243 e. The first kappa shape index (κ1) is 15.9. The Morgan fingerprint density at radius 1 is 1.38 bits per heavy atom. The van der Waals surface area contributed by atoms with Gasteiger partial charge in [-0.25, -0.2) is 17.5 Å². The highest BCUT2D eigenvalue weighted by molar-refractivity contribution is 7.89. The van der Waals surface area contributed by atoms with Crippen molar-refractivity contribution in [2.24, 2.45) is 0 Å². The fourth-order valence-electron chi connectivity index (χ4n) is 2.05. The van der Waals surface area contributed by atoms with Crippen LogP contribution in [0.3, 0.4) is 0 Å². The first-order valence-corrected chi connectivity index (χ1v) is 8.91. The monoisotopic (exact) mass is 328 g/mol. The maximum absolute atomic E-state index is 13.0. The van der Waals surface area contributed by atoms with Gasteiger partial charge in [-0.15, -0.1) is 11.3 Å². The van der Waals surface area contributed by atoms with Gasteiger partial charge in [-0.2, -0.15) is 0 Å². The molecular formula is C14H17FN2O2S2. The summed E-state index contributed by atoms with van der Waals surface area (Å²) in [6.07, 6.45) is 1.52. The minimum atomic E-state index is -3.79. The van der Waals surface area contributed by atoms with Crippen molar-refractivity contribution in [3.63, 3.8) is 0 Å². The van der Waals surface area contributed by atoms with E-state index in [1.54, 1.807) is 0 Å². The Morgan fingerprint density at radius 3 is 2.71 bits per heavy atom. The molecule has 4 nitrogen and oxygen atoms in total. The van der Waals surface area contributed by atoms with Crippen molar-refractivity contribution in [3.8, 4) is 0 Å². The largest absolute Gasteiger partial charge is 0.398 e. The third-order valence-electron chi connectivity index (χ3n) is 3.02. The van der Waals surface area contributed by atoms with E-state index in [2.05, 4.69) is 4.72 Å². The van der Waals surface area contributed by atoms with Gasteiger partial charge in [0.1, 0.15) is 10.7 Å². The molecule has 21 heavy (non-hydrogen) atoms. The molecule has 0 saturated heterocycles. The van der Waals surface area contributed by atoms with Gasteiger partial charge in [-0.1, -0.05) is 19.4 Å². The summed E-state index contributed by atoms with van der Waals surface area (Å²) in [5, 5.41) is 1.90. The number of thiophene rings is 1. The first-order chi connectivity index (χ1) is 9.94. The zero-order chi connectivity index (χ0) is 15.5. The maximum atomic E-state index is 13.0. The Kier molecular flexibility index (Phi) is 4.97. The van der Waals surface area contributed by atoms with E-state index in [0.29, 0.717) is 6.42 Å². The van der Waals surface area contributed by atoms with E-state index < -0.39 is 15.8 Å². The number of halogens is 1. The topological polar surface area (TPSA) is 72.2 Å². The zero-order valence-electron chi connectivity index (χ0n) is 11.5. The number of hydrogen-bond donors (Lipinski definition) is 2. The number of benzene rings is 1. The lowest BCUT2D eigenvalue weighted by molar-refractivity contribution is 0.540. The molecule has 0 spiro atoms. The molecule has 7 heteroatoms. The number of nitrogens with one attached hydrogen (secondary N) is 1. The Balaban J connectivity index is 2.30. The van der Waals surface area contributed by atoms with Gasteiger partial charge in [0.05, 0.1) is 11.7 Å². The van der Waals surface area contributed by atoms with Gasteiger partial charge < -0.3 is 5.73 Å². The van der Waals surface area contributed by atoms with Gasteiger partial charge >= 0.3 is 0 Å². The van der Waals surface area contributed by atoms with Gasteiger partial charge in [0.2, 0.25) is 10.0 Å². The van der Waals surface area contributed by atoms with E-state index in [4.69, 9.17) is 5.73 Å². The minimum absolute atomic E-state index is 0.0936. The molecule has 1 unspecified atom stereocenters. The summed E-state index contributed by atoms with van der Waals surface area (Å²) in [4.78, 5) is 0.850. The SMILES string of the molecule is CCCC(NS(=O)(=O)c1ccc(F)cc1N)c1cccs1. The molecule has 0 fully saturated rings. The van der Waals surface area contributed by atoms with Crippen LogP contribution >= 0.6 is 11.3 Å². The molecule has 0 bridgehead atoms. The zero-order valence-corrected chi connectivity index (χ0v) is 13.2. The lowest BCUT2D eigenvalue weighted by atomic mass is 10.1. The standard InChI is InChI=1S/C14H17FN2O2S2/c1-2-4-12(13-5-3-8-20-13)17-21(18,19)14-7-6-10(15)9-11(14)16/h3,5-9,12,17H,2,4,16H2,1H3. The Bertz CT molecular complexity index is 700. The molecule has 3 N–H and O–H groups in total. The number of anilines is 1. The van der Waals surface area contributed by atoms with Crippen molar-refractivity contribution < 1.29 is 12.8 Å². The molecule has 2 aromatic rings. The average Bonchev–Trinajstić information content (AvgIpc) is 2.91. The average molecular weight is 328 g/mol. The van der Waals surface area contributed by atoms with E-state index in [9.17, 15) is 12.8 Å². The molecule has 0 radical (unpaired) electrons. The molecule has 1 aromatic heterocycles. The van der Waals surface area contributed by atoms with E-state index in [1.807, 2.05) is 24.4 Å². The molecule has 0 aliphatic heterocycles. The minimum Gasteiger partial charge on any atom is -0.398 e. The highest BCUT2D eigenvalue weighted by atomic mass is 32.2. The third-order valence-corrected chi connectivity index (χ3v) is 5.55. The fraction of sp³-hybridized carbons (Fsp3) is 0.286. The van der Waals surface area contributed by atoms with Gasteiger partial charge in [0, 0.05) is 4.88 Å². The van der Waals surface area contributed by atoms with Gasteiger partial charge in [-0.3, -0.25) is 0 Å². The van der Waals surface area contributed by atoms with Gasteiger partial charge in [-0.05, 0) is 36.1 Å². The third kappa shape index (κ3) is 3.81. The van der Waals surface area contributed by atoms with Gasteiger partial charge in [0.15, 0.2) is 0 Å². The Labute approximate surface area is 127 Å². The summed E-state index contributed by atoms with van der Waals surface area (Å²) in [5.41, 5.74) is 5.53. The summed E-state index contributed by atoms with van der Waals surface area (Å²) in [6, 6.07) is 6.75. The number of hydrogen-bond acceptors (Lipinski definition) is 4. The number of nitrogen functional groups attached to an aromatic ring is 1. The predicted molar refractivity (Wildman–Crippen MR) is 83.1 cm³/mol. The van der Waals surface area contributed by atoms with Crippen LogP contribution in [0.25, 0.3) is 0 Å². The quantitative estimate of drug-likeness (QED) is 0.799. The molecule has 0 amide bonds. The van der Waals surface area contributed by atoms with E-state index in [-0.39, 0.29) is 16.6 Å². The molecule has 0 aliphatic carbocycles. The van der Waals surface area contributed by atoms with Crippen LogP contribution in [-0.4, -0.2) is 8.42 Å². The van der Waals surface area contributed by atoms with Crippen LogP contribution in [0.2, 0.25) is 0 Å². The van der Waals surface area contributed by atoms with Crippen molar-refractivity contribution in [2.75, 3.05) is 5.73 Å². The normalized spacial score (nSPS) is 13.2. The molecule has 1 atom stereocenters. The van der Waals surface area contributed by atoms with Crippen LogP contribution in [0, 0.1) is 5.82 Å². The Hall–Kier alpha value is -1.44. The Morgan fingerprint density at radius 2 is 2.14 bits per heavy atom. The van der Waals surface area contributed by atoms with Gasteiger partial charge in [0.25, 0.3) is 0 Å². The molecular weight excluding hydrogens is 311 g/mol. The first-order valence-electron chi connectivity index (χ1n) is 6.55. The fourth-order valence-corrected chi connectivity index (χ4v) is 4.30. The van der Waals surface area contributed by atoms with Crippen molar-refractivity contribution in [3.05, 3.63) is 46.4 Å². The van der Waals surface area contributed by atoms with Crippen LogP contribution in [-0.2, 0) is 10.0 Å². The molecule has 2 rings (SSSR count). The predicted octanol–water partition coefficient (Wildman–Crippen LogP) is 3.29. The van der Waals surface area contributed by atoms with Crippen molar-refractivity contribution in [2.45, 2.75) is 30.7 Å². The van der Waals surface area contributed by atoms with Crippen LogP contribution in [0.5, 0.6) is 0 Å². The molecule has 0 aliphatic rings. The van der Waals surface area contributed by atoms with E-state index >= 15 is 0 Å². The van der Waals surface area contributed by atoms with Crippen LogP contribution in [0.4, 0.5) is 10.1 Å². The summed E-state index contributed by atoms with van der Waals surface area (Å²) < 4.78 is 40.6. The smallest absolute Gasteiger partial charge is 0.243 e. The number of nitrogens with two attached hydrogens (primary N) is 1. The van der Waals surface area contributed by atoms with Crippen LogP contribution in [0.15, 0.2) is 40.6 Å². The van der Waals surface area contributed by atoms with Crippen LogP contribution in [0.1, 0.15) is 30.7 Å². The second-order valence-corrected chi connectivity index (χ2v) is 7.32. The lowest BCUT2D eigenvalue weighted by Gasteiger charge is -2.17. The number of sulfonamides is 1. The van der Waals surface area contributed by atoms with Crippen molar-refractivity contribution in [1.82, 2.24) is 4.72 Å². The lowest BCUT2D eigenvalue weighted by Crippen LogP contribution is -2.28. The second-order valence-electron chi connectivity index (χ2n) is 4.66. The summed E-state index contributed by atoms with van der Waals surface area (Å²) in [7, 11) is -3.79. The summed E-state index contributed by atoms with van der Waals surface area (Å²) >= 11 is 1.50. The van der Waals surface area contributed by atoms with E-state index in [1.165, 1.54) is 17.4 Å². The molecule has 114 valence electrons. The molecule has 1 aromatic carbocycles. The number of rotatable bonds is 6. The van der Waals surface area contributed by atoms with Crippen LogP contribution < -0.4 is 10.5 Å². The van der Waals surface area contributed by atoms with Crippen molar-refractivity contribution >= 4 is 27.0 Å². The summed E-state index contributed by atoms with van der Waals surface area (Å²) in [5.74, 6) is -0.560. The highest BCUT2D eigenvalue weighted by Crippen LogP contribution is 2.27. The van der Waals surface area contributed by atoms with E-state index in [0.717, 1.165) is 23.4 Å². The second kappa shape index (κ2) is 6.55. The summed E-state index contributed by atoms with van der Waals surface area (Å²) in [6.45, 7) is 1.99. The molecule has 1 heterocycles. The molecule has 0 saturated carbocycles. The van der Waals surface area contributed by atoms with Crippen molar-refractivity contribution in [1.29, 1.82) is 0 Å². The highest BCUT2D eigenvalue weighted by Gasteiger charge is 2.23.